The molecule has 0 aliphatic rings. The number of aromatic nitrogens is 1. The van der Waals surface area contributed by atoms with E-state index in [4.69, 9.17) is 16.3 Å². The minimum absolute atomic E-state index is 0.260. The fraction of sp³-hybridized carbons (Fsp3) is 0.167. The average molecular weight is 484 g/mol. The summed E-state index contributed by atoms with van der Waals surface area (Å²) in [6, 6.07) is 28.0. The van der Waals surface area contributed by atoms with E-state index in [1.807, 2.05) is 60.7 Å². The molecule has 0 aliphatic carbocycles. The second-order valence-electron chi connectivity index (χ2n) is 8.64. The predicted octanol–water partition coefficient (Wildman–Crippen LogP) is 7.47. The molecule has 5 aromatic rings. The molecule has 0 saturated heterocycles. The van der Waals surface area contributed by atoms with Crippen molar-refractivity contribution >= 4 is 39.2 Å². The highest BCUT2D eigenvalue weighted by Crippen LogP contribution is 2.29. The van der Waals surface area contributed by atoms with Gasteiger partial charge in [0.2, 0.25) is 0 Å². The number of rotatable bonds is 9. The molecule has 5 rings (SSSR count). The molecule has 4 aromatic carbocycles. The molecule has 0 atom stereocenters. The van der Waals surface area contributed by atoms with E-state index in [-0.39, 0.29) is 5.69 Å². The molecule has 0 fully saturated rings. The van der Waals surface area contributed by atoms with Crippen LogP contribution in [0.1, 0.15) is 33.6 Å². The standard InChI is InChI=1S/C30H26ClNO3/c31-26-15-4-2-9-21(26)17-18-22-11-5-13-24-25(29(30(33)34)32-28(22)24)14-7-19-35-27-16-6-10-20-8-1-3-12-23(20)27/h1-6,8-13,15-16,32H,7,14,17-19H2,(H,33,34). The summed E-state index contributed by atoms with van der Waals surface area (Å²) >= 11 is 6.33. The van der Waals surface area contributed by atoms with Gasteiger partial charge in [-0.05, 0) is 59.9 Å². The van der Waals surface area contributed by atoms with Crippen molar-refractivity contribution in [2.75, 3.05) is 6.61 Å². The number of H-pyrrole nitrogens is 1. The first-order chi connectivity index (χ1) is 17.1. The largest absolute Gasteiger partial charge is 0.493 e. The van der Waals surface area contributed by atoms with Gasteiger partial charge in [-0.15, -0.1) is 0 Å². The first-order valence-electron chi connectivity index (χ1n) is 11.8. The van der Waals surface area contributed by atoms with E-state index >= 15 is 0 Å². The zero-order chi connectivity index (χ0) is 24.2. The van der Waals surface area contributed by atoms with E-state index in [1.165, 1.54) is 0 Å². The van der Waals surface area contributed by atoms with Crippen molar-refractivity contribution in [2.24, 2.45) is 0 Å². The maximum Gasteiger partial charge on any atom is 0.352 e. The first-order valence-corrected chi connectivity index (χ1v) is 12.2. The maximum absolute atomic E-state index is 12.0. The number of aromatic carboxylic acids is 1. The summed E-state index contributed by atoms with van der Waals surface area (Å²) in [5, 5.41) is 13.8. The lowest BCUT2D eigenvalue weighted by molar-refractivity contribution is 0.0690. The Kier molecular flexibility index (Phi) is 6.73. The van der Waals surface area contributed by atoms with Crippen LogP contribution in [0, 0.1) is 0 Å². The van der Waals surface area contributed by atoms with Gasteiger partial charge in [-0.2, -0.15) is 0 Å². The Morgan fingerprint density at radius 1 is 0.800 bits per heavy atom. The Morgan fingerprint density at radius 2 is 1.49 bits per heavy atom. The van der Waals surface area contributed by atoms with Gasteiger partial charge in [-0.1, -0.05) is 84.4 Å². The van der Waals surface area contributed by atoms with Crippen LogP contribution in [0.4, 0.5) is 0 Å². The fourth-order valence-corrected chi connectivity index (χ4v) is 4.94. The van der Waals surface area contributed by atoms with E-state index in [0.717, 1.165) is 62.0 Å². The number of nitrogens with one attached hydrogen (secondary N) is 1. The molecule has 0 aliphatic heterocycles. The number of carboxylic acid groups (broad SMARTS) is 1. The molecule has 0 unspecified atom stereocenters. The van der Waals surface area contributed by atoms with Gasteiger partial charge in [-0.3, -0.25) is 0 Å². The SMILES string of the molecule is O=C(O)c1[nH]c2c(CCc3ccccc3Cl)cccc2c1CCCOc1cccc2ccccc12. The van der Waals surface area contributed by atoms with E-state index in [1.54, 1.807) is 0 Å². The summed E-state index contributed by atoms with van der Waals surface area (Å²) in [5.74, 6) is -0.0921. The lowest BCUT2D eigenvalue weighted by atomic mass is 10.00. The van der Waals surface area contributed by atoms with E-state index in [2.05, 4.69) is 29.2 Å². The van der Waals surface area contributed by atoms with E-state index < -0.39 is 5.97 Å². The highest BCUT2D eigenvalue weighted by Gasteiger charge is 2.18. The van der Waals surface area contributed by atoms with Crippen molar-refractivity contribution in [3.63, 3.8) is 0 Å². The molecule has 5 heteroatoms. The van der Waals surface area contributed by atoms with Crippen LogP contribution in [0.25, 0.3) is 21.7 Å². The molecule has 35 heavy (non-hydrogen) atoms. The molecular formula is C30H26ClNO3. The first kappa shape index (κ1) is 23.0. The van der Waals surface area contributed by atoms with Crippen molar-refractivity contribution in [1.82, 2.24) is 4.98 Å². The number of aryl methyl sites for hydroxylation is 3. The quantitative estimate of drug-likeness (QED) is 0.214. The summed E-state index contributed by atoms with van der Waals surface area (Å²) in [5.41, 5.74) is 4.15. The summed E-state index contributed by atoms with van der Waals surface area (Å²) in [4.78, 5) is 15.2. The van der Waals surface area contributed by atoms with Gasteiger partial charge >= 0.3 is 5.97 Å². The number of hydrogen-bond acceptors (Lipinski definition) is 2. The highest BCUT2D eigenvalue weighted by molar-refractivity contribution is 6.31. The molecule has 0 bridgehead atoms. The number of ether oxygens (including phenoxy) is 1. The Labute approximate surface area is 209 Å². The summed E-state index contributed by atoms with van der Waals surface area (Å²) in [6.45, 7) is 0.506. The number of carboxylic acids is 1. The van der Waals surface area contributed by atoms with Crippen LogP contribution < -0.4 is 4.74 Å². The van der Waals surface area contributed by atoms with Gasteiger partial charge in [-0.25, -0.2) is 4.79 Å². The van der Waals surface area contributed by atoms with Crippen LogP contribution in [0.3, 0.4) is 0 Å². The summed E-state index contributed by atoms with van der Waals surface area (Å²) in [7, 11) is 0. The van der Waals surface area contributed by atoms with Crippen LogP contribution in [-0.2, 0) is 19.3 Å². The van der Waals surface area contributed by atoms with Crippen molar-refractivity contribution < 1.29 is 14.6 Å². The lowest BCUT2D eigenvalue weighted by Gasteiger charge is -2.09. The number of hydrogen-bond donors (Lipinski definition) is 2. The summed E-state index contributed by atoms with van der Waals surface area (Å²) < 4.78 is 6.08. The molecule has 4 nitrogen and oxygen atoms in total. The Hall–Kier alpha value is -3.76. The normalized spacial score (nSPS) is 11.2. The average Bonchev–Trinajstić information content (AvgIpc) is 3.26. The highest BCUT2D eigenvalue weighted by atomic mass is 35.5. The molecule has 1 heterocycles. The zero-order valence-corrected chi connectivity index (χ0v) is 20.0. The van der Waals surface area contributed by atoms with Crippen molar-refractivity contribution in [3.8, 4) is 5.75 Å². The van der Waals surface area contributed by atoms with Crippen LogP contribution in [0.2, 0.25) is 5.02 Å². The number of halogens is 1. The smallest absolute Gasteiger partial charge is 0.352 e. The maximum atomic E-state index is 12.0. The predicted molar refractivity (Wildman–Crippen MR) is 142 cm³/mol. The Bertz CT molecular complexity index is 1500. The van der Waals surface area contributed by atoms with Gasteiger partial charge in [0.25, 0.3) is 0 Å². The van der Waals surface area contributed by atoms with Gasteiger partial charge in [0, 0.05) is 21.3 Å². The number of carbonyl (C=O) groups is 1. The Morgan fingerprint density at radius 3 is 2.34 bits per heavy atom. The third-order valence-corrected chi connectivity index (χ3v) is 6.81. The second-order valence-corrected chi connectivity index (χ2v) is 9.05. The molecule has 0 amide bonds. The van der Waals surface area contributed by atoms with Crippen LogP contribution in [-0.4, -0.2) is 22.7 Å². The number of fused-ring (bicyclic) bond motifs is 2. The van der Waals surface area contributed by atoms with Crippen molar-refractivity contribution in [2.45, 2.75) is 25.7 Å². The van der Waals surface area contributed by atoms with Gasteiger partial charge in [0.1, 0.15) is 11.4 Å². The van der Waals surface area contributed by atoms with Crippen molar-refractivity contribution in [1.29, 1.82) is 0 Å². The molecule has 0 spiro atoms. The van der Waals surface area contributed by atoms with Gasteiger partial charge in [0.05, 0.1) is 6.61 Å². The molecule has 0 saturated carbocycles. The minimum Gasteiger partial charge on any atom is -0.493 e. The van der Waals surface area contributed by atoms with Gasteiger partial charge in [0.15, 0.2) is 0 Å². The molecule has 2 N–H and O–H groups in total. The molecule has 1 aromatic heterocycles. The van der Waals surface area contributed by atoms with Gasteiger partial charge < -0.3 is 14.8 Å². The zero-order valence-electron chi connectivity index (χ0n) is 19.3. The summed E-state index contributed by atoms with van der Waals surface area (Å²) in [6.07, 6.45) is 2.87. The molecule has 0 radical (unpaired) electrons. The molecule has 176 valence electrons. The van der Waals surface area contributed by atoms with Crippen molar-refractivity contribution in [3.05, 3.63) is 112 Å². The van der Waals surface area contributed by atoms with Crippen LogP contribution in [0.15, 0.2) is 84.9 Å². The van der Waals surface area contributed by atoms with Crippen LogP contribution in [0.5, 0.6) is 5.75 Å². The Balaban J connectivity index is 1.33. The van der Waals surface area contributed by atoms with E-state index in [9.17, 15) is 9.90 Å². The minimum atomic E-state index is -0.941. The third-order valence-electron chi connectivity index (χ3n) is 6.44. The molecular weight excluding hydrogens is 458 g/mol. The number of para-hydroxylation sites is 1. The topological polar surface area (TPSA) is 62.3 Å². The van der Waals surface area contributed by atoms with E-state index in [0.29, 0.717) is 19.4 Å². The number of aromatic amines is 1. The third kappa shape index (κ3) is 4.89. The number of benzene rings is 4. The monoisotopic (exact) mass is 483 g/mol. The van der Waals surface area contributed by atoms with Crippen LogP contribution >= 0.6 is 11.6 Å². The second kappa shape index (κ2) is 10.2. The fourth-order valence-electron chi connectivity index (χ4n) is 4.71. The lowest BCUT2D eigenvalue weighted by Crippen LogP contribution is -2.04.